The molecule has 3 N–H and O–H groups in total. The Morgan fingerprint density at radius 2 is 1.62 bits per heavy atom. The van der Waals surface area contributed by atoms with Gasteiger partial charge in [-0.1, -0.05) is 31.4 Å². The standard InChI is InChI=1S/C24H37FO4/c1-17(26)6-4-2-3-5-7-21-22(24(29)16-23(21)28)15-14-20(27)13-10-18-8-11-19(25)12-9-18/h8-9,11-12,20-24,27-29H,2-7,10,13-16H2,1H3. The molecule has 0 heterocycles. The van der Waals surface area contributed by atoms with Crippen molar-refractivity contribution >= 4 is 5.78 Å². The zero-order valence-electron chi connectivity index (χ0n) is 17.6. The van der Waals surface area contributed by atoms with Crippen molar-refractivity contribution in [2.24, 2.45) is 11.8 Å². The summed E-state index contributed by atoms with van der Waals surface area (Å²) in [6, 6.07) is 6.35. The minimum Gasteiger partial charge on any atom is -0.393 e. The van der Waals surface area contributed by atoms with E-state index in [0.29, 0.717) is 38.5 Å². The molecular formula is C24H37FO4. The van der Waals surface area contributed by atoms with Crippen LogP contribution in [-0.2, 0) is 11.2 Å². The summed E-state index contributed by atoms with van der Waals surface area (Å²) >= 11 is 0. The zero-order valence-corrected chi connectivity index (χ0v) is 17.6. The van der Waals surface area contributed by atoms with Crippen molar-refractivity contribution in [2.45, 2.75) is 95.9 Å². The van der Waals surface area contributed by atoms with Crippen molar-refractivity contribution in [1.82, 2.24) is 0 Å². The molecule has 2 rings (SSSR count). The van der Waals surface area contributed by atoms with E-state index < -0.39 is 18.3 Å². The van der Waals surface area contributed by atoms with E-state index in [1.807, 2.05) is 0 Å². The second-order valence-electron chi connectivity index (χ2n) is 8.75. The number of Topliss-reactive ketones (excluding diaryl/α,β-unsaturated/α-hetero) is 1. The Morgan fingerprint density at radius 1 is 1.00 bits per heavy atom. The van der Waals surface area contributed by atoms with Gasteiger partial charge in [0, 0.05) is 6.42 Å². The van der Waals surface area contributed by atoms with Crippen LogP contribution >= 0.6 is 0 Å². The highest BCUT2D eigenvalue weighted by Gasteiger charge is 2.40. The number of aliphatic hydroxyl groups is 3. The first kappa shape index (κ1) is 24.0. The Hall–Kier alpha value is -1.30. The third-order valence-electron chi connectivity index (χ3n) is 6.35. The molecule has 0 saturated heterocycles. The quantitative estimate of drug-likeness (QED) is 0.428. The second kappa shape index (κ2) is 12.4. The molecule has 1 aliphatic rings. The SMILES string of the molecule is CC(=O)CCCCCCC1C(O)CC(O)C1CCC(O)CCc1ccc(F)cc1. The lowest BCUT2D eigenvalue weighted by atomic mass is 9.84. The van der Waals surface area contributed by atoms with Crippen molar-refractivity contribution in [3.05, 3.63) is 35.6 Å². The minimum atomic E-state index is -0.503. The van der Waals surface area contributed by atoms with Crippen molar-refractivity contribution in [2.75, 3.05) is 0 Å². The molecule has 5 unspecified atom stereocenters. The van der Waals surface area contributed by atoms with Gasteiger partial charge in [-0.25, -0.2) is 4.39 Å². The summed E-state index contributed by atoms with van der Waals surface area (Å²) in [6.07, 6.45) is 7.12. The van der Waals surface area contributed by atoms with Gasteiger partial charge in [0.1, 0.15) is 11.6 Å². The van der Waals surface area contributed by atoms with Gasteiger partial charge >= 0.3 is 0 Å². The van der Waals surface area contributed by atoms with E-state index in [-0.39, 0.29) is 23.4 Å². The van der Waals surface area contributed by atoms with Gasteiger partial charge in [-0.15, -0.1) is 0 Å². The largest absolute Gasteiger partial charge is 0.393 e. The van der Waals surface area contributed by atoms with Gasteiger partial charge in [0.25, 0.3) is 0 Å². The first-order valence-corrected chi connectivity index (χ1v) is 11.1. The van der Waals surface area contributed by atoms with Crippen LogP contribution in [0, 0.1) is 17.7 Å². The Labute approximate surface area is 174 Å². The molecule has 0 radical (unpaired) electrons. The lowest BCUT2D eigenvalue weighted by Crippen LogP contribution is -2.24. The number of aliphatic hydroxyl groups excluding tert-OH is 3. The van der Waals surface area contributed by atoms with Gasteiger partial charge < -0.3 is 20.1 Å². The number of benzene rings is 1. The van der Waals surface area contributed by atoms with E-state index in [2.05, 4.69) is 0 Å². The lowest BCUT2D eigenvalue weighted by Gasteiger charge is -2.24. The van der Waals surface area contributed by atoms with Crippen LogP contribution in [0.15, 0.2) is 24.3 Å². The van der Waals surface area contributed by atoms with Gasteiger partial charge in [0.05, 0.1) is 18.3 Å². The predicted molar refractivity (Wildman–Crippen MR) is 112 cm³/mol. The molecule has 0 amide bonds. The fraction of sp³-hybridized carbons (Fsp3) is 0.708. The predicted octanol–water partition coefficient (Wildman–Crippen LogP) is 4.19. The normalized spacial score (nSPS) is 25.3. The molecule has 4 nitrogen and oxygen atoms in total. The molecule has 1 aliphatic carbocycles. The van der Waals surface area contributed by atoms with Gasteiger partial charge in [0.2, 0.25) is 0 Å². The molecule has 0 aromatic heterocycles. The van der Waals surface area contributed by atoms with Gasteiger partial charge in [-0.05, 0) is 81.4 Å². The van der Waals surface area contributed by atoms with Gasteiger partial charge in [0.15, 0.2) is 0 Å². The minimum absolute atomic E-state index is 0.0303. The number of carbonyl (C=O) groups is 1. The molecule has 1 aromatic carbocycles. The Bertz CT molecular complexity index is 603. The number of halogens is 1. The molecule has 1 saturated carbocycles. The Kier molecular flexibility index (Phi) is 10.3. The molecule has 1 fully saturated rings. The molecule has 0 aliphatic heterocycles. The highest BCUT2D eigenvalue weighted by atomic mass is 19.1. The van der Waals surface area contributed by atoms with Crippen molar-refractivity contribution < 1.29 is 24.5 Å². The highest BCUT2D eigenvalue weighted by Crippen LogP contribution is 2.39. The molecule has 5 atom stereocenters. The zero-order chi connectivity index (χ0) is 21.2. The second-order valence-corrected chi connectivity index (χ2v) is 8.75. The third-order valence-corrected chi connectivity index (χ3v) is 6.35. The topological polar surface area (TPSA) is 77.8 Å². The number of carbonyl (C=O) groups excluding carboxylic acids is 1. The smallest absolute Gasteiger partial charge is 0.129 e. The summed E-state index contributed by atoms with van der Waals surface area (Å²) in [7, 11) is 0. The van der Waals surface area contributed by atoms with E-state index in [1.165, 1.54) is 12.1 Å². The summed E-state index contributed by atoms with van der Waals surface area (Å²) < 4.78 is 13.0. The van der Waals surface area contributed by atoms with Crippen molar-refractivity contribution in [3.8, 4) is 0 Å². The van der Waals surface area contributed by atoms with Crippen LogP contribution in [0.1, 0.15) is 76.7 Å². The molecule has 164 valence electrons. The summed E-state index contributed by atoms with van der Waals surface area (Å²) in [5.41, 5.74) is 1.00. The summed E-state index contributed by atoms with van der Waals surface area (Å²) in [6.45, 7) is 1.62. The fourth-order valence-corrected chi connectivity index (χ4v) is 4.60. The van der Waals surface area contributed by atoms with E-state index in [1.54, 1.807) is 19.1 Å². The average molecular weight is 409 g/mol. The van der Waals surface area contributed by atoms with Crippen LogP contribution in [0.5, 0.6) is 0 Å². The summed E-state index contributed by atoms with van der Waals surface area (Å²) in [5, 5.41) is 31.0. The van der Waals surface area contributed by atoms with E-state index in [9.17, 15) is 24.5 Å². The number of hydrogen-bond donors (Lipinski definition) is 3. The molecule has 5 heteroatoms. The maximum atomic E-state index is 13.0. The summed E-state index contributed by atoms with van der Waals surface area (Å²) in [4.78, 5) is 11.0. The Morgan fingerprint density at radius 3 is 2.28 bits per heavy atom. The molecule has 0 spiro atoms. The molecular weight excluding hydrogens is 371 g/mol. The average Bonchev–Trinajstić information content (AvgIpc) is 2.94. The summed E-state index contributed by atoms with van der Waals surface area (Å²) in [5.74, 6) is 0.0927. The monoisotopic (exact) mass is 408 g/mol. The number of rotatable bonds is 13. The van der Waals surface area contributed by atoms with E-state index in [4.69, 9.17) is 0 Å². The number of ketones is 1. The molecule has 0 bridgehead atoms. The fourth-order valence-electron chi connectivity index (χ4n) is 4.60. The van der Waals surface area contributed by atoms with E-state index >= 15 is 0 Å². The van der Waals surface area contributed by atoms with Gasteiger partial charge in [-0.2, -0.15) is 0 Å². The van der Waals surface area contributed by atoms with Crippen LogP contribution in [-0.4, -0.2) is 39.4 Å². The number of unbranched alkanes of at least 4 members (excludes halogenated alkanes) is 3. The van der Waals surface area contributed by atoms with Crippen LogP contribution in [0.4, 0.5) is 4.39 Å². The Balaban J connectivity index is 1.70. The van der Waals surface area contributed by atoms with Crippen molar-refractivity contribution in [1.29, 1.82) is 0 Å². The number of aryl methyl sites for hydroxylation is 1. The lowest BCUT2D eigenvalue weighted by molar-refractivity contribution is -0.117. The third kappa shape index (κ3) is 8.53. The molecule has 1 aromatic rings. The van der Waals surface area contributed by atoms with Crippen LogP contribution in [0.3, 0.4) is 0 Å². The maximum Gasteiger partial charge on any atom is 0.129 e. The van der Waals surface area contributed by atoms with Crippen molar-refractivity contribution in [3.63, 3.8) is 0 Å². The first-order valence-electron chi connectivity index (χ1n) is 11.1. The van der Waals surface area contributed by atoms with Gasteiger partial charge in [-0.3, -0.25) is 0 Å². The van der Waals surface area contributed by atoms with Crippen LogP contribution in [0.2, 0.25) is 0 Å². The van der Waals surface area contributed by atoms with Crippen LogP contribution in [0.25, 0.3) is 0 Å². The maximum absolute atomic E-state index is 13.0. The highest BCUT2D eigenvalue weighted by molar-refractivity contribution is 5.75. The first-order chi connectivity index (χ1) is 13.9. The number of hydrogen-bond acceptors (Lipinski definition) is 4. The molecule has 29 heavy (non-hydrogen) atoms. The van der Waals surface area contributed by atoms with Crippen LogP contribution < -0.4 is 0 Å². The van der Waals surface area contributed by atoms with E-state index in [0.717, 1.165) is 37.7 Å².